The summed E-state index contributed by atoms with van der Waals surface area (Å²) in [5.41, 5.74) is 0.874. The Hall–Kier alpha value is -0.970. The van der Waals surface area contributed by atoms with E-state index in [0.29, 0.717) is 19.4 Å². The Morgan fingerprint density at radius 2 is 2.17 bits per heavy atom. The second-order valence-electron chi connectivity index (χ2n) is 4.97. The van der Waals surface area contributed by atoms with Gasteiger partial charge in [-0.1, -0.05) is 6.92 Å². The van der Waals surface area contributed by atoms with Crippen molar-refractivity contribution in [3.63, 3.8) is 0 Å². The molecule has 1 aliphatic rings. The van der Waals surface area contributed by atoms with Gasteiger partial charge in [0.05, 0.1) is 5.69 Å². The summed E-state index contributed by atoms with van der Waals surface area (Å²) in [6, 6.07) is 0. The molecule has 0 aliphatic heterocycles. The average Bonchev–Trinajstić information content (AvgIpc) is 2.78. The summed E-state index contributed by atoms with van der Waals surface area (Å²) in [4.78, 5) is 4.18. The van der Waals surface area contributed by atoms with E-state index in [1.54, 1.807) is 0 Å². The highest BCUT2D eigenvalue weighted by Gasteiger charge is 2.37. The van der Waals surface area contributed by atoms with Crippen molar-refractivity contribution < 1.29 is 13.2 Å². The number of hydrogen-bond donors (Lipinski definition) is 1. The summed E-state index contributed by atoms with van der Waals surface area (Å²) in [5, 5.41) is 3.26. The summed E-state index contributed by atoms with van der Waals surface area (Å²) < 4.78 is 31.6. The SMILES string of the molecule is CCCNCc1ncoc1C1CCC(F)(F)CC1. The maximum Gasteiger partial charge on any atom is 0.248 e. The van der Waals surface area contributed by atoms with Crippen LogP contribution in [0.5, 0.6) is 0 Å². The molecule has 5 heteroatoms. The maximum absolute atomic E-state index is 13.1. The zero-order chi connectivity index (χ0) is 13.0. The molecule has 0 spiro atoms. The van der Waals surface area contributed by atoms with Crippen molar-refractivity contribution in [3.05, 3.63) is 17.8 Å². The summed E-state index contributed by atoms with van der Waals surface area (Å²) in [6.45, 7) is 3.68. The third-order valence-corrected chi connectivity index (χ3v) is 3.48. The highest BCUT2D eigenvalue weighted by molar-refractivity contribution is 5.14. The lowest BCUT2D eigenvalue weighted by Crippen LogP contribution is -2.24. The van der Waals surface area contributed by atoms with E-state index in [1.165, 1.54) is 6.39 Å². The normalized spacial score (nSPS) is 20.2. The number of nitrogens with zero attached hydrogens (tertiary/aromatic N) is 1. The van der Waals surface area contributed by atoms with Crippen LogP contribution in [0.1, 0.15) is 56.4 Å². The summed E-state index contributed by atoms with van der Waals surface area (Å²) >= 11 is 0. The zero-order valence-corrected chi connectivity index (χ0v) is 10.7. The van der Waals surface area contributed by atoms with E-state index in [9.17, 15) is 8.78 Å². The van der Waals surface area contributed by atoms with Gasteiger partial charge in [0.1, 0.15) is 5.76 Å². The van der Waals surface area contributed by atoms with Gasteiger partial charge in [-0.2, -0.15) is 0 Å². The molecule has 0 bridgehead atoms. The lowest BCUT2D eigenvalue weighted by atomic mass is 9.84. The molecule has 1 N–H and O–H groups in total. The van der Waals surface area contributed by atoms with Crippen LogP contribution in [0.2, 0.25) is 0 Å². The number of hydrogen-bond acceptors (Lipinski definition) is 3. The molecule has 1 fully saturated rings. The van der Waals surface area contributed by atoms with E-state index >= 15 is 0 Å². The number of nitrogens with one attached hydrogen (secondary N) is 1. The highest BCUT2D eigenvalue weighted by Crippen LogP contribution is 2.41. The molecule has 0 aromatic carbocycles. The Balaban J connectivity index is 1.95. The number of alkyl halides is 2. The van der Waals surface area contributed by atoms with Crippen molar-refractivity contribution in [2.75, 3.05) is 6.54 Å². The molecule has 2 rings (SSSR count). The number of rotatable bonds is 5. The molecule has 0 saturated heterocycles. The average molecular weight is 258 g/mol. The van der Waals surface area contributed by atoms with Gasteiger partial charge < -0.3 is 9.73 Å². The second kappa shape index (κ2) is 5.78. The molecule has 1 saturated carbocycles. The van der Waals surface area contributed by atoms with Crippen LogP contribution in [0.25, 0.3) is 0 Å². The number of oxazole rings is 1. The molecule has 18 heavy (non-hydrogen) atoms. The Kier molecular flexibility index (Phi) is 4.32. The fraction of sp³-hybridized carbons (Fsp3) is 0.769. The topological polar surface area (TPSA) is 38.1 Å². The van der Waals surface area contributed by atoms with E-state index in [1.807, 2.05) is 0 Å². The van der Waals surface area contributed by atoms with Crippen molar-refractivity contribution in [2.45, 2.75) is 57.4 Å². The van der Waals surface area contributed by atoms with Crippen molar-refractivity contribution >= 4 is 0 Å². The molecule has 1 heterocycles. The zero-order valence-electron chi connectivity index (χ0n) is 10.7. The Labute approximate surface area is 106 Å². The third kappa shape index (κ3) is 3.28. The van der Waals surface area contributed by atoms with E-state index in [-0.39, 0.29) is 18.8 Å². The van der Waals surface area contributed by atoms with E-state index in [0.717, 1.165) is 24.4 Å². The van der Waals surface area contributed by atoms with Crippen LogP contribution in [0.3, 0.4) is 0 Å². The van der Waals surface area contributed by atoms with Gasteiger partial charge in [-0.25, -0.2) is 13.8 Å². The third-order valence-electron chi connectivity index (χ3n) is 3.48. The van der Waals surface area contributed by atoms with E-state index in [4.69, 9.17) is 4.42 Å². The van der Waals surface area contributed by atoms with Crippen molar-refractivity contribution in [3.8, 4) is 0 Å². The first-order valence-corrected chi connectivity index (χ1v) is 6.63. The van der Waals surface area contributed by atoms with Crippen molar-refractivity contribution in [1.29, 1.82) is 0 Å². The molecular weight excluding hydrogens is 238 g/mol. The monoisotopic (exact) mass is 258 g/mol. The molecule has 0 amide bonds. The predicted octanol–water partition coefficient (Wildman–Crippen LogP) is 3.47. The first kappa shape index (κ1) is 13.5. The fourth-order valence-corrected chi connectivity index (χ4v) is 2.43. The molecule has 0 atom stereocenters. The van der Waals surface area contributed by atoms with Crippen molar-refractivity contribution in [1.82, 2.24) is 10.3 Å². The van der Waals surface area contributed by atoms with Crippen LogP contribution in [0.4, 0.5) is 8.78 Å². The largest absolute Gasteiger partial charge is 0.448 e. The minimum atomic E-state index is -2.49. The predicted molar refractivity (Wildman–Crippen MR) is 64.7 cm³/mol. The smallest absolute Gasteiger partial charge is 0.248 e. The Bertz CT molecular complexity index is 369. The molecule has 0 unspecified atom stereocenters. The maximum atomic E-state index is 13.1. The first-order valence-electron chi connectivity index (χ1n) is 6.63. The van der Waals surface area contributed by atoms with Crippen LogP contribution in [-0.2, 0) is 6.54 Å². The van der Waals surface area contributed by atoms with E-state index in [2.05, 4.69) is 17.2 Å². The Morgan fingerprint density at radius 3 is 2.83 bits per heavy atom. The quantitative estimate of drug-likeness (QED) is 0.822. The minimum Gasteiger partial charge on any atom is -0.448 e. The standard InChI is InChI=1S/C13H20F2N2O/c1-2-7-16-8-11-12(18-9-17-11)10-3-5-13(14,15)6-4-10/h9-10,16H,2-8H2,1H3. The second-order valence-corrected chi connectivity index (χ2v) is 4.97. The van der Waals surface area contributed by atoms with Gasteiger partial charge in [0, 0.05) is 25.3 Å². The highest BCUT2D eigenvalue weighted by atomic mass is 19.3. The van der Waals surface area contributed by atoms with Gasteiger partial charge in [-0.05, 0) is 25.8 Å². The molecule has 0 radical (unpaired) electrons. The number of halogens is 2. The minimum absolute atomic E-state index is 0.0415. The molecule has 1 aliphatic carbocycles. The van der Waals surface area contributed by atoms with Crippen LogP contribution in [0.15, 0.2) is 10.8 Å². The fourth-order valence-electron chi connectivity index (χ4n) is 2.43. The lowest BCUT2D eigenvalue weighted by molar-refractivity contribution is -0.0396. The first-order chi connectivity index (χ1) is 8.62. The van der Waals surface area contributed by atoms with Gasteiger partial charge >= 0.3 is 0 Å². The van der Waals surface area contributed by atoms with Gasteiger partial charge in [0.2, 0.25) is 5.92 Å². The van der Waals surface area contributed by atoms with Crippen LogP contribution < -0.4 is 5.32 Å². The van der Waals surface area contributed by atoms with Gasteiger partial charge in [0.15, 0.2) is 6.39 Å². The summed E-state index contributed by atoms with van der Waals surface area (Å²) in [7, 11) is 0. The summed E-state index contributed by atoms with van der Waals surface area (Å²) in [6.07, 6.45) is 3.38. The van der Waals surface area contributed by atoms with Gasteiger partial charge in [-0.3, -0.25) is 0 Å². The van der Waals surface area contributed by atoms with Crippen LogP contribution in [0, 0.1) is 0 Å². The summed E-state index contributed by atoms with van der Waals surface area (Å²) in [5.74, 6) is -1.59. The van der Waals surface area contributed by atoms with Gasteiger partial charge in [-0.15, -0.1) is 0 Å². The molecular formula is C13H20F2N2O. The Morgan fingerprint density at radius 1 is 1.44 bits per heavy atom. The molecule has 1 aromatic rings. The molecule has 3 nitrogen and oxygen atoms in total. The molecule has 102 valence electrons. The van der Waals surface area contributed by atoms with Crippen LogP contribution >= 0.6 is 0 Å². The molecule has 1 aromatic heterocycles. The number of aromatic nitrogens is 1. The van der Waals surface area contributed by atoms with E-state index < -0.39 is 5.92 Å². The van der Waals surface area contributed by atoms with Crippen molar-refractivity contribution in [2.24, 2.45) is 0 Å². The van der Waals surface area contributed by atoms with Crippen LogP contribution in [-0.4, -0.2) is 17.5 Å². The lowest BCUT2D eigenvalue weighted by Gasteiger charge is -2.27. The van der Waals surface area contributed by atoms with Gasteiger partial charge in [0.25, 0.3) is 0 Å².